The molecule has 0 aromatic heterocycles. The highest BCUT2D eigenvalue weighted by atomic mass is 79.9. The maximum atomic E-state index is 12.2. The SMILES string of the molecule is NC(=O)CSc1ccccc1NC(=O)COc1ccc2cc(Br)ccc2c1. The molecule has 3 N–H and O–H groups in total. The third-order valence-electron chi connectivity index (χ3n) is 3.67. The number of thioether (sulfide) groups is 1. The number of carbonyl (C=O) groups is 2. The summed E-state index contributed by atoms with van der Waals surface area (Å²) in [5.74, 6) is 0.0820. The molecule has 0 fully saturated rings. The Morgan fingerprint density at radius 1 is 1.04 bits per heavy atom. The van der Waals surface area contributed by atoms with Crippen LogP contribution in [0.5, 0.6) is 5.75 Å². The summed E-state index contributed by atoms with van der Waals surface area (Å²) < 4.78 is 6.62. The van der Waals surface area contributed by atoms with Crippen molar-refractivity contribution < 1.29 is 14.3 Å². The Balaban J connectivity index is 1.61. The number of anilines is 1. The van der Waals surface area contributed by atoms with Gasteiger partial charge in [0, 0.05) is 9.37 Å². The predicted molar refractivity (Wildman–Crippen MR) is 112 cm³/mol. The number of benzene rings is 3. The van der Waals surface area contributed by atoms with Crippen LogP contribution < -0.4 is 15.8 Å². The van der Waals surface area contributed by atoms with Crippen LogP contribution in [-0.4, -0.2) is 24.2 Å². The van der Waals surface area contributed by atoms with Gasteiger partial charge >= 0.3 is 0 Å². The summed E-state index contributed by atoms with van der Waals surface area (Å²) in [4.78, 5) is 24.0. The van der Waals surface area contributed by atoms with Crippen molar-refractivity contribution in [2.45, 2.75) is 4.90 Å². The van der Waals surface area contributed by atoms with Crippen LogP contribution in [0.2, 0.25) is 0 Å². The van der Waals surface area contributed by atoms with Crippen LogP contribution in [0.15, 0.2) is 70.0 Å². The minimum absolute atomic E-state index is 0.114. The Kier molecular flexibility index (Phi) is 6.36. The fraction of sp³-hybridized carbons (Fsp3) is 0.100. The quantitative estimate of drug-likeness (QED) is 0.535. The number of ether oxygens (including phenoxy) is 1. The van der Waals surface area contributed by atoms with E-state index in [0.717, 1.165) is 20.1 Å². The van der Waals surface area contributed by atoms with Gasteiger partial charge in [0.1, 0.15) is 5.75 Å². The van der Waals surface area contributed by atoms with E-state index in [0.29, 0.717) is 11.4 Å². The van der Waals surface area contributed by atoms with Gasteiger partial charge in [-0.2, -0.15) is 0 Å². The van der Waals surface area contributed by atoms with Gasteiger partial charge in [-0.15, -0.1) is 11.8 Å². The normalized spacial score (nSPS) is 10.6. The van der Waals surface area contributed by atoms with Gasteiger partial charge in [-0.05, 0) is 47.2 Å². The number of fused-ring (bicyclic) bond motifs is 1. The summed E-state index contributed by atoms with van der Waals surface area (Å²) in [6.07, 6.45) is 0. The van der Waals surface area contributed by atoms with E-state index >= 15 is 0 Å². The highest BCUT2D eigenvalue weighted by molar-refractivity contribution is 9.10. The summed E-state index contributed by atoms with van der Waals surface area (Å²) in [5.41, 5.74) is 5.81. The lowest BCUT2D eigenvalue weighted by molar-refractivity contribution is -0.118. The molecule has 0 saturated heterocycles. The number of halogens is 1. The molecule has 0 atom stereocenters. The average Bonchev–Trinajstić information content (AvgIpc) is 2.65. The van der Waals surface area contributed by atoms with E-state index in [1.54, 1.807) is 6.07 Å². The molecule has 0 unspecified atom stereocenters. The standard InChI is InChI=1S/C20H17BrN2O3S/c21-15-7-5-14-10-16(8-6-13(14)9-15)26-11-20(25)23-17-3-1-2-4-18(17)27-12-19(22)24/h1-10H,11-12H2,(H2,22,24)(H,23,25). The van der Waals surface area contributed by atoms with Crippen molar-refractivity contribution in [3.63, 3.8) is 0 Å². The zero-order valence-electron chi connectivity index (χ0n) is 14.3. The lowest BCUT2D eigenvalue weighted by atomic mass is 10.1. The van der Waals surface area contributed by atoms with Crippen LogP contribution in [0.25, 0.3) is 10.8 Å². The van der Waals surface area contributed by atoms with E-state index in [1.165, 1.54) is 11.8 Å². The number of amides is 2. The van der Waals surface area contributed by atoms with Gasteiger partial charge in [-0.25, -0.2) is 0 Å². The first-order chi connectivity index (χ1) is 13.0. The average molecular weight is 445 g/mol. The number of nitrogens with two attached hydrogens (primary N) is 1. The molecule has 0 spiro atoms. The van der Waals surface area contributed by atoms with Crippen molar-refractivity contribution in [2.24, 2.45) is 5.73 Å². The first-order valence-electron chi connectivity index (χ1n) is 8.13. The van der Waals surface area contributed by atoms with Crippen LogP contribution >= 0.6 is 27.7 Å². The van der Waals surface area contributed by atoms with Crippen molar-refractivity contribution in [1.29, 1.82) is 0 Å². The van der Waals surface area contributed by atoms with Crippen molar-refractivity contribution in [3.8, 4) is 5.75 Å². The van der Waals surface area contributed by atoms with Crippen molar-refractivity contribution >= 4 is 56.0 Å². The van der Waals surface area contributed by atoms with E-state index in [9.17, 15) is 9.59 Å². The first-order valence-corrected chi connectivity index (χ1v) is 9.91. The topological polar surface area (TPSA) is 81.4 Å². The summed E-state index contributed by atoms with van der Waals surface area (Å²) in [6.45, 7) is -0.114. The predicted octanol–water partition coefficient (Wildman–Crippen LogP) is 4.20. The summed E-state index contributed by atoms with van der Waals surface area (Å²) >= 11 is 4.73. The third kappa shape index (κ3) is 5.48. The second kappa shape index (κ2) is 8.92. The minimum Gasteiger partial charge on any atom is -0.484 e. The summed E-state index contributed by atoms with van der Waals surface area (Å²) in [7, 11) is 0. The van der Waals surface area contributed by atoms with E-state index in [2.05, 4.69) is 21.2 Å². The summed E-state index contributed by atoms with van der Waals surface area (Å²) in [5, 5.41) is 4.92. The Labute approximate surface area is 169 Å². The Hall–Kier alpha value is -2.51. The highest BCUT2D eigenvalue weighted by Gasteiger charge is 2.09. The zero-order chi connectivity index (χ0) is 19.2. The fourth-order valence-electron chi connectivity index (χ4n) is 2.46. The number of hydrogen-bond donors (Lipinski definition) is 2. The Bertz CT molecular complexity index is 994. The third-order valence-corrected chi connectivity index (χ3v) is 5.26. The molecule has 138 valence electrons. The van der Waals surface area contributed by atoms with Gasteiger partial charge in [0.15, 0.2) is 6.61 Å². The number of primary amides is 1. The molecule has 0 bridgehead atoms. The van der Waals surface area contributed by atoms with E-state index in [-0.39, 0.29) is 18.3 Å². The van der Waals surface area contributed by atoms with Gasteiger partial charge < -0.3 is 15.8 Å². The molecule has 0 saturated carbocycles. The number of rotatable bonds is 7. The molecule has 3 aromatic carbocycles. The molecule has 5 nitrogen and oxygen atoms in total. The smallest absolute Gasteiger partial charge is 0.262 e. The zero-order valence-corrected chi connectivity index (χ0v) is 16.7. The van der Waals surface area contributed by atoms with Crippen molar-refractivity contribution in [1.82, 2.24) is 0 Å². The largest absolute Gasteiger partial charge is 0.484 e. The molecule has 7 heteroatoms. The van der Waals surface area contributed by atoms with Gasteiger partial charge in [0.25, 0.3) is 5.91 Å². The van der Waals surface area contributed by atoms with Gasteiger partial charge in [0.2, 0.25) is 5.91 Å². The maximum Gasteiger partial charge on any atom is 0.262 e. The van der Waals surface area contributed by atoms with Crippen LogP contribution in [0.4, 0.5) is 5.69 Å². The molecule has 0 heterocycles. The molecule has 3 aromatic rings. The van der Waals surface area contributed by atoms with Crippen LogP contribution in [-0.2, 0) is 9.59 Å². The summed E-state index contributed by atoms with van der Waals surface area (Å²) in [6, 6.07) is 18.9. The molecule has 3 rings (SSSR count). The molecular weight excluding hydrogens is 428 g/mol. The molecule has 0 aliphatic rings. The first kappa shape index (κ1) is 19.3. The van der Waals surface area contributed by atoms with Gasteiger partial charge in [-0.1, -0.05) is 40.2 Å². The van der Waals surface area contributed by atoms with E-state index in [1.807, 2.05) is 54.6 Å². The molecule has 0 aliphatic carbocycles. The number of nitrogens with one attached hydrogen (secondary N) is 1. The Morgan fingerprint density at radius 3 is 2.59 bits per heavy atom. The molecule has 0 aliphatic heterocycles. The fourth-order valence-corrected chi connectivity index (χ4v) is 3.59. The maximum absolute atomic E-state index is 12.2. The number of para-hydroxylation sites is 1. The number of carbonyl (C=O) groups excluding carboxylic acids is 2. The molecule has 27 heavy (non-hydrogen) atoms. The van der Waals surface area contributed by atoms with E-state index in [4.69, 9.17) is 10.5 Å². The van der Waals surface area contributed by atoms with Crippen LogP contribution in [0.3, 0.4) is 0 Å². The monoisotopic (exact) mass is 444 g/mol. The van der Waals surface area contributed by atoms with Gasteiger partial charge in [-0.3, -0.25) is 9.59 Å². The molecular formula is C20H17BrN2O3S. The lowest BCUT2D eigenvalue weighted by Gasteiger charge is -2.11. The highest BCUT2D eigenvalue weighted by Crippen LogP contribution is 2.27. The molecule has 2 amide bonds. The van der Waals surface area contributed by atoms with Gasteiger partial charge in [0.05, 0.1) is 11.4 Å². The van der Waals surface area contributed by atoms with E-state index < -0.39 is 5.91 Å². The number of hydrogen-bond acceptors (Lipinski definition) is 4. The van der Waals surface area contributed by atoms with Crippen LogP contribution in [0, 0.1) is 0 Å². The minimum atomic E-state index is -0.409. The molecule has 0 radical (unpaired) electrons. The van der Waals surface area contributed by atoms with Crippen molar-refractivity contribution in [2.75, 3.05) is 17.7 Å². The second-order valence-electron chi connectivity index (χ2n) is 5.74. The van der Waals surface area contributed by atoms with Crippen LogP contribution in [0.1, 0.15) is 0 Å². The van der Waals surface area contributed by atoms with Crippen molar-refractivity contribution in [3.05, 3.63) is 65.1 Å². The second-order valence-corrected chi connectivity index (χ2v) is 7.67. The lowest BCUT2D eigenvalue weighted by Crippen LogP contribution is -2.20. The Morgan fingerprint density at radius 2 is 1.78 bits per heavy atom.